The van der Waals surface area contributed by atoms with Gasteiger partial charge in [-0.25, -0.2) is 0 Å². The van der Waals surface area contributed by atoms with E-state index in [2.05, 4.69) is 0 Å². The molecule has 80 valence electrons. The summed E-state index contributed by atoms with van der Waals surface area (Å²) in [5.41, 5.74) is -0.632. The number of hydrogen-bond donors (Lipinski definition) is 3. The molecule has 0 saturated heterocycles. The van der Waals surface area contributed by atoms with Gasteiger partial charge >= 0.3 is 0 Å². The zero-order chi connectivity index (χ0) is 10.9. The Hall–Kier alpha value is 1.30. The van der Waals surface area contributed by atoms with Crippen molar-refractivity contribution in [2.24, 2.45) is 0 Å². The minimum atomic E-state index is -1.93. The lowest BCUT2D eigenvalue weighted by molar-refractivity contribution is -0.291. The number of hydrogen-bond acceptors (Lipinski definition) is 4. The van der Waals surface area contributed by atoms with Crippen molar-refractivity contribution in [2.75, 3.05) is 0 Å². The standard InChI is InChI=1S/C7H14I2O4/c1-6(2,3)13-7(12,4(8)10)5(9)11/h4-5,10-12H,1-3H3. The Morgan fingerprint density at radius 2 is 1.38 bits per heavy atom. The first-order valence-corrected chi connectivity index (χ1v) is 6.15. The molecule has 4 nitrogen and oxygen atoms in total. The van der Waals surface area contributed by atoms with Gasteiger partial charge < -0.3 is 20.1 Å². The van der Waals surface area contributed by atoms with Crippen LogP contribution >= 0.6 is 45.2 Å². The molecule has 0 rings (SSSR count). The molecule has 0 bridgehead atoms. The third kappa shape index (κ3) is 4.56. The second kappa shape index (κ2) is 4.88. The number of halogens is 2. The maximum absolute atomic E-state index is 9.76. The van der Waals surface area contributed by atoms with Crippen molar-refractivity contribution in [3.8, 4) is 0 Å². The lowest BCUT2D eigenvalue weighted by atomic mass is 10.1. The molecule has 0 aromatic carbocycles. The molecule has 2 unspecified atom stereocenters. The van der Waals surface area contributed by atoms with Crippen molar-refractivity contribution >= 4 is 45.2 Å². The van der Waals surface area contributed by atoms with E-state index in [1.165, 1.54) is 0 Å². The zero-order valence-electron chi connectivity index (χ0n) is 7.66. The van der Waals surface area contributed by atoms with Gasteiger partial charge in [0.15, 0.2) is 8.22 Å². The summed E-state index contributed by atoms with van der Waals surface area (Å²) in [6, 6.07) is 0. The van der Waals surface area contributed by atoms with Gasteiger partial charge in [0.1, 0.15) is 0 Å². The van der Waals surface area contributed by atoms with Gasteiger partial charge in [0.25, 0.3) is 0 Å². The largest absolute Gasteiger partial charge is 0.377 e. The second-order valence-corrected chi connectivity index (χ2v) is 6.00. The van der Waals surface area contributed by atoms with Gasteiger partial charge in [-0.2, -0.15) is 0 Å². The quantitative estimate of drug-likeness (QED) is 0.365. The molecule has 0 amide bonds. The molecule has 6 heteroatoms. The van der Waals surface area contributed by atoms with E-state index in [1.54, 1.807) is 66.0 Å². The molecule has 13 heavy (non-hydrogen) atoms. The Bertz CT molecular complexity index is 156. The van der Waals surface area contributed by atoms with Crippen molar-refractivity contribution < 1.29 is 20.1 Å². The van der Waals surface area contributed by atoms with Gasteiger partial charge in [-0.05, 0) is 66.0 Å². The molecule has 0 saturated carbocycles. The van der Waals surface area contributed by atoms with Gasteiger partial charge in [0.2, 0.25) is 5.79 Å². The fourth-order valence-corrected chi connectivity index (χ4v) is 2.32. The van der Waals surface area contributed by atoms with Gasteiger partial charge in [-0.15, -0.1) is 0 Å². The number of aliphatic hydroxyl groups excluding tert-OH is 2. The lowest BCUT2D eigenvalue weighted by Crippen LogP contribution is -2.53. The molecule has 2 atom stereocenters. The topological polar surface area (TPSA) is 69.9 Å². The van der Waals surface area contributed by atoms with Crippen molar-refractivity contribution in [3.05, 3.63) is 0 Å². The predicted molar refractivity (Wildman–Crippen MR) is 65.8 cm³/mol. The van der Waals surface area contributed by atoms with Crippen molar-refractivity contribution in [1.82, 2.24) is 0 Å². The summed E-state index contributed by atoms with van der Waals surface area (Å²) in [5, 5.41) is 28.3. The van der Waals surface area contributed by atoms with E-state index in [1.807, 2.05) is 0 Å². The SMILES string of the molecule is CC(C)(C)OC(O)(C(O)I)C(O)I. The summed E-state index contributed by atoms with van der Waals surface area (Å²) < 4.78 is 2.82. The molecule has 0 aliphatic heterocycles. The predicted octanol–water partition coefficient (Wildman–Crippen LogP) is 0.997. The summed E-state index contributed by atoms with van der Waals surface area (Å²) in [5.74, 6) is -1.93. The van der Waals surface area contributed by atoms with Crippen molar-refractivity contribution in [2.45, 2.75) is 40.4 Å². The fraction of sp³-hybridized carbons (Fsp3) is 1.00. The zero-order valence-corrected chi connectivity index (χ0v) is 12.0. The van der Waals surface area contributed by atoms with Gasteiger partial charge in [-0.1, -0.05) is 0 Å². The molecule has 0 radical (unpaired) electrons. The highest BCUT2D eigenvalue weighted by Gasteiger charge is 2.44. The molecule has 0 aromatic rings. The molecular formula is C7H14I2O4. The van der Waals surface area contributed by atoms with Crippen LogP contribution in [0.2, 0.25) is 0 Å². The van der Waals surface area contributed by atoms with Crippen LogP contribution in [-0.4, -0.2) is 34.9 Å². The highest BCUT2D eigenvalue weighted by molar-refractivity contribution is 14.1. The van der Waals surface area contributed by atoms with Crippen molar-refractivity contribution in [3.63, 3.8) is 0 Å². The van der Waals surface area contributed by atoms with Crippen LogP contribution in [-0.2, 0) is 4.74 Å². The van der Waals surface area contributed by atoms with Crippen LogP contribution in [0, 0.1) is 0 Å². The van der Waals surface area contributed by atoms with Gasteiger partial charge in [0.05, 0.1) is 5.60 Å². The van der Waals surface area contributed by atoms with Crippen LogP contribution in [0.15, 0.2) is 0 Å². The molecule has 0 spiro atoms. The highest BCUT2D eigenvalue weighted by atomic mass is 127. The Morgan fingerprint density at radius 3 is 1.46 bits per heavy atom. The van der Waals surface area contributed by atoms with Gasteiger partial charge in [-0.3, -0.25) is 0 Å². The Morgan fingerprint density at radius 1 is 1.08 bits per heavy atom. The first-order valence-electron chi connectivity index (χ1n) is 3.66. The van der Waals surface area contributed by atoms with E-state index < -0.39 is 19.6 Å². The first-order chi connectivity index (χ1) is 5.59. The molecule has 0 fully saturated rings. The molecular weight excluding hydrogens is 402 g/mol. The average Bonchev–Trinajstić information content (AvgIpc) is 1.82. The molecule has 0 aliphatic carbocycles. The third-order valence-corrected chi connectivity index (χ3v) is 2.94. The minimum absolute atomic E-state index is 0.632. The number of alkyl halides is 2. The van der Waals surface area contributed by atoms with Crippen LogP contribution in [0.25, 0.3) is 0 Å². The molecule has 0 aromatic heterocycles. The fourth-order valence-electron chi connectivity index (χ4n) is 0.701. The number of aliphatic hydroxyl groups is 3. The monoisotopic (exact) mass is 416 g/mol. The summed E-state index contributed by atoms with van der Waals surface area (Å²) in [6.07, 6.45) is 0. The summed E-state index contributed by atoms with van der Waals surface area (Å²) in [7, 11) is 0. The van der Waals surface area contributed by atoms with Crippen LogP contribution in [0.3, 0.4) is 0 Å². The van der Waals surface area contributed by atoms with E-state index >= 15 is 0 Å². The smallest absolute Gasteiger partial charge is 0.238 e. The molecule has 0 heterocycles. The van der Waals surface area contributed by atoms with Crippen LogP contribution in [0.4, 0.5) is 0 Å². The van der Waals surface area contributed by atoms with E-state index in [0.29, 0.717) is 0 Å². The summed E-state index contributed by atoms with van der Waals surface area (Å²) in [4.78, 5) is 0. The van der Waals surface area contributed by atoms with E-state index in [0.717, 1.165) is 0 Å². The van der Waals surface area contributed by atoms with Crippen LogP contribution in [0.1, 0.15) is 20.8 Å². The third-order valence-electron chi connectivity index (χ3n) is 1.15. The normalized spacial score (nSPS) is 22.2. The summed E-state index contributed by atoms with van der Waals surface area (Å²) in [6.45, 7) is 5.20. The number of rotatable bonds is 3. The highest BCUT2D eigenvalue weighted by Crippen LogP contribution is 2.30. The van der Waals surface area contributed by atoms with Crippen LogP contribution in [0.5, 0.6) is 0 Å². The Kier molecular flexibility index (Phi) is 5.37. The maximum atomic E-state index is 9.76. The molecule has 3 N–H and O–H groups in total. The van der Waals surface area contributed by atoms with E-state index in [9.17, 15) is 15.3 Å². The van der Waals surface area contributed by atoms with E-state index in [-0.39, 0.29) is 0 Å². The Labute approximate surface area is 105 Å². The van der Waals surface area contributed by atoms with E-state index in [4.69, 9.17) is 4.74 Å². The molecule has 0 aliphatic rings. The second-order valence-electron chi connectivity index (χ2n) is 3.64. The summed E-state index contributed by atoms with van der Waals surface area (Å²) >= 11 is 3.18. The van der Waals surface area contributed by atoms with Crippen LogP contribution < -0.4 is 0 Å². The average molecular weight is 416 g/mol. The Balaban J connectivity index is 4.62. The van der Waals surface area contributed by atoms with Gasteiger partial charge in [0, 0.05) is 0 Å². The lowest BCUT2D eigenvalue weighted by Gasteiger charge is -2.37. The maximum Gasteiger partial charge on any atom is 0.238 e. The number of ether oxygens (including phenoxy) is 1. The van der Waals surface area contributed by atoms with Crippen molar-refractivity contribution in [1.29, 1.82) is 0 Å². The first kappa shape index (κ1) is 14.3. The minimum Gasteiger partial charge on any atom is -0.377 e.